The van der Waals surface area contributed by atoms with E-state index in [9.17, 15) is 14.4 Å². The summed E-state index contributed by atoms with van der Waals surface area (Å²) in [6, 6.07) is -1.57. The molecule has 18 heavy (non-hydrogen) atoms. The second-order valence-corrected chi connectivity index (χ2v) is 3.99. The number of carboxylic acids is 2. The molecular formula is C10H16N2O6. The standard InChI is InChI=1S/C10H16N2O6/c13-8(3-6-5-18-2-1-11-6)12-7(10(16)17)4-9(14)15/h6-7,11H,1-5H2,(H,12,13)(H,14,15)(H,16,17). The Morgan fingerprint density at radius 1 is 1.39 bits per heavy atom. The Morgan fingerprint density at radius 3 is 2.61 bits per heavy atom. The van der Waals surface area contributed by atoms with Crippen LogP contribution in [0.1, 0.15) is 12.8 Å². The van der Waals surface area contributed by atoms with Gasteiger partial charge in [-0.25, -0.2) is 4.79 Å². The van der Waals surface area contributed by atoms with Crippen molar-refractivity contribution in [3.63, 3.8) is 0 Å². The summed E-state index contributed by atoms with van der Waals surface area (Å²) in [6.07, 6.45) is -0.584. The molecule has 1 heterocycles. The highest BCUT2D eigenvalue weighted by Gasteiger charge is 2.24. The molecule has 0 spiro atoms. The van der Waals surface area contributed by atoms with Crippen molar-refractivity contribution in [1.82, 2.24) is 10.6 Å². The van der Waals surface area contributed by atoms with Crippen LogP contribution in [0.3, 0.4) is 0 Å². The van der Waals surface area contributed by atoms with Gasteiger partial charge in [-0.2, -0.15) is 0 Å². The first-order valence-corrected chi connectivity index (χ1v) is 5.54. The lowest BCUT2D eigenvalue weighted by atomic mass is 10.1. The lowest BCUT2D eigenvalue weighted by molar-refractivity contribution is -0.147. The fraction of sp³-hybridized carbons (Fsp3) is 0.700. The minimum atomic E-state index is -1.40. The van der Waals surface area contributed by atoms with E-state index in [1.165, 1.54) is 0 Å². The van der Waals surface area contributed by atoms with E-state index in [1.54, 1.807) is 0 Å². The summed E-state index contributed by atoms with van der Waals surface area (Å²) in [7, 11) is 0. The maximum atomic E-state index is 11.5. The Kier molecular flexibility index (Phi) is 5.53. The number of amides is 1. The van der Waals surface area contributed by atoms with E-state index >= 15 is 0 Å². The molecule has 8 heteroatoms. The largest absolute Gasteiger partial charge is 0.481 e. The number of carbonyl (C=O) groups is 3. The van der Waals surface area contributed by atoms with Gasteiger partial charge in [0.2, 0.25) is 5.91 Å². The van der Waals surface area contributed by atoms with Gasteiger partial charge in [0.15, 0.2) is 0 Å². The molecule has 0 radical (unpaired) electrons. The molecular weight excluding hydrogens is 244 g/mol. The zero-order valence-corrected chi connectivity index (χ0v) is 9.72. The maximum absolute atomic E-state index is 11.5. The Balaban J connectivity index is 2.40. The number of morpholine rings is 1. The van der Waals surface area contributed by atoms with E-state index in [2.05, 4.69) is 10.6 Å². The number of aliphatic carboxylic acids is 2. The highest BCUT2D eigenvalue weighted by Crippen LogP contribution is 2.00. The second kappa shape index (κ2) is 6.92. The van der Waals surface area contributed by atoms with E-state index < -0.39 is 30.3 Å². The summed E-state index contributed by atoms with van der Waals surface area (Å²) in [5.41, 5.74) is 0. The molecule has 1 amide bonds. The summed E-state index contributed by atoms with van der Waals surface area (Å²) < 4.78 is 5.15. The molecule has 0 aromatic carbocycles. The van der Waals surface area contributed by atoms with Crippen molar-refractivity contribution in [3.05, 3.63) is 0 Å². The molecule has 0 bridgehead atoms. The van der Waals surface area contributed by atoms with E-state index in [4.69, 9.17) is 14.9 Å². The van der Waals surface area contributed by atoms with Crippen LogP contribution in [0.5, 0.6) is 0 Å². The van der Waals surface area contributed by atoms with Gasteiger partial charge in [-0.05, 0) is 0 Å². The highest BCUT2D eigenvalue weighted by molar-refractivity contribution is 5.86. The van der Waals surface area contributed by atoms with Gasteiger partial charge in [-0.1, -0.05) is 0 Å². The first-order valence-electron chi connectivity index (χ1n) is 5.54. The fourth-order valence-corrected chi connectivity index (χ4v) is 1.60. The molecule has 0 aromatic heterocycles. The third kappa shape index (κ3) is 5.11. The second-order valence-electron chi connectivity index (χ2n) is 3.99. The summed E-state index contributed by atoms with van der Waals surface area (Å²) in [4.78, 5) is 32.7. The molecule has 1 rings (SSSR count). The smallest absolute Gasteiger partial charge is 0.326 e. The van der Waals surface area contributed by atoms with Crippen molar-refractivity contribution >= 4 is 17.8 Å². The normalized spacial score (nSPS) is 21.0. The van der Waals surface area contributed by atoms with Gasteiger partial charge in [0.05, 0.1) is 19.6 Å². The van der Waals surface area contributed by atoms with Crippen LogP contribution in [0.15, 0.2) is 0 Å². The SMILES string of the molecule is O=C(O)CC(NC(=O)CC1COCCN1)C(=O)O. The predicted molar refractivity (Wildman–Crippen MR) is 59.0 cm³/mol. The number of carbonyl (C=O) groups excluding carboxylic acids is 1. The zero-order valence-electron chi connectivity index (χ0n) is 9.72. The average molecular weight is 260 g/mol. The van der Waals surface area contributed by atoms with Crippen LogP contribution in [-0.4, -0.2) is 59.9 Å². The molecule has 1 saturated heterocycles. The molecule has 0 aliphatic carbocycles. The predicted octanol–water partition coefficient (Wildman–Crippen LogP) is -1.59. The summed E-state index contributed by atoms with van der Waals surface area (Å²) >= 11 is 0. The molecule has 0 aromatic rings. The van der Waals surface area contributed by atoms with Gasteiger partial charge in [-0.3, -0.25) is 9.59 Å². The van der Waals surface area contributed by atoms with Gasteiger partial charge in [-0.15, -0.1) is 0 Å². The van der Waals surface area contributed by atoms with Crippen LogP contribution in [0, 0.1) is 0 Å². The van der Waals surface area contributed by atoms with E-state index in [-0.39, 0.29) is 12.5 Å². The van der Waals surface area contributed by atoms with Crippen LogP contribution in [-0.2, 0) is 19.1 Å². The van der Waals surface area contributed by atoms with Gasteiger partial charge in [0.25, 0.3) is 0 Å². The topological polar surface area (TPSA) is 125 Å². The molecule has 4 N–H and O–H groups in total. The number of carboxylic acid groups (broad SMARTS) is 2. The summed E-state index contributed by atoms with van der Waals surface area (Å²) in [6.45, 7) is 1.59. The Bertz CT molecular complexity index is 326. The number of ether oxygens (including phenoxy) is 1. The van der Waals surface area contributed by atoms with E-state index in [0.29, 0.717) is 19.8 Å². The minimum Gasteiger partial charge on any atom is -0.481 e. The van der Waals surface area contributed by atoms with Crippen LogP contribution in [0.4, 0.5) is 0 Å². The van der Waals surface area contributed by atoms with Gasteiger partial charge >= 0.3 is 11.9 Å². The van der Waals surface area contributed by atoms with Crippen LogP contribution in [0.2, 0.25) is 0 Å². The van der Waals surface area contributed by atoms with Gasteiger partial charge in [0, 0.05) is 19.0 Å². The first-order chi connectivity index (χ1) is 8.49. The van der Waals surface area contributed by atoms with Crippen molar-refractivity contribution in [2.45, 2.75) is 24.9 Å². The average Bonchev–Trinajstić information content (AvgIpc) is 2.28. The summed E-state index contributed by atoms with van der Waals surface area (Å²) in [5.74, 6) is -3.15. The van der Waals surface area contributed by atoms with Crippen molar-refractivity contribution < 1.29 is 29.3 Å². The third-order valence-electron chi connectivity index (χ3n) is 2.44. The van der Waals surface area contributed by atoms with Crippen molar-refractivity contribution in [2.75, 3.05) is 19.8 Å². The lowest BCUT2D eigenvalue weighted by Crippen LogP contribution is -2.47. The van der Waals surface area contributed by atoms with Crippen molar-refractivity contribution in [1.29, 1.82) is 0 Å². The Morgan fingerprint density at radius 2 is 2.11 bits per heavy atom. The van der Waals surface area contributed by atoms with E-state index in [1.807, 2.05) is 0 Å². The molecule has 1 aliphatic rings. The monoisotopic (exact) mass is 260 g/mol. The van der Waals surface area contributed by atoms with E-state index in [0.717, 1.165) is 0 Å². The van der Waals surface area contributed by atoms with Gasteiger partial charge in [0.1, 0.15) is 6.04 Å². The first kappa shape index (κ1) is 14.4. The minimum absolute atomic E-state index is 0.0589. The van der Waals surface area contributed by atoms with Crippen molar-refractivity contribution in [3.8, 4) is 0 Å². The zero-order chi connectivity index (χ0) is 13.5. The molecule has 2 unspecified atom stereocenters. The number of rotatable bonds is 6. The lowest BCUT2D eigenvalue weighted by Gasteiger charge is -2.23. The Labute approximate surface area is 103 Å². The summed E-state index contributed by atoms with van der Waals surface area (Å²) in [5, 5.41) is 22.5. The highest BCUT2D eigenvalue weighted by atomic mass is 16.5. The van der Waals surface area contributed by atoms with Crippen LogP contribution >= 0.6 is 0 Å². The quantitative estimate of drug-likeness (QED) is 0.453. The van der Waals surface area contributed by atoms with Gasteiger partial charge < -0.3 is 25.6 Å². The number of hydrogen-bond acceptors (Lipinski definition) is 5. The van der Waals surface area contributed by atoms with Crippen LogP contribution < -0.4 is 10.6 Å². The molecule has 1 aliphatic heterocycles. The van der Waals surface area contributed by atoms with Crippen LogP contribution in [0.25, 0.3) is 0 Å². The maximum Gasteiger partial charge on any atom is 0.326 e. The third-order valence-corrected chi connectivity index (χ3v) is 2.44. The molecule has 0 saturated carbocycles. The number of nitrogens with one attached hydrogen (secondary N) is 2. The fourth-order valence-electron chi connectivity index (χ4n) is 1.60. The Hall–Kier alpha value is -1.67. The molecule has 2 atom stereocenters. The van der Waals surface area contributed by atoms with Crippen molar-refractivity contribution in [2.24, 2.45) is 0 Å². The molecule has 1 fully saturated rings. The molecule has 102 valence electrons. The number of hydrogen-bond donors (Lipinski definition) is 4. The molecule has 8 nitrogen and oxygen atoms in total.